The summed E-state index contributed by atoms with van der Waals surface area (Å²) in [6.07, 6.45) is 0. The molecule has 1 fully saturated rings. The van der Waals surface area contributed by atoms with Gasteiger partial charge in [0.2, 0.25) is 6.79 Å². The first-order valence-corrected chi connectivity index (χ1v) is 9.48. The molecule has 8 heteroatoms. The minimum atomic E-state index is 0. The predicted molar refractivity (Wildman–Crippen MR) is 102 cm³/mol. The lowest BCUT2D eigenvalue weighted by atomic mass is 10.2. The Morgan fingerprint density at radius 2 is 1.62 bits per heavy atom. The van der Waals surface area contributed by atoms with E-state index in [1.807, 2.05) is 30.3 Å². The molecule has 0 spiro atoms. The van der Waals surface area contributed by atoms with Gasteiger partial charge in [0.05, 0.1) is 13.2 Å². The summed E-state index contributed by atoms with van der Waals surface area (Å²) in [5.41, 5.74) is 2.32. The second-order valence-corrected chi connectivity index (χ2v) is 6.75. The first-order valence-electron chi connectivity index (χ1n) is 9.48. The summed E-state index contributed by atoms with van der Waals surface area (Å²) < 4.78 is 22.0. The molecule has 2 aromatic rings. The predicted octanol–water partition coefficient (Wildman–Crippen LogP) is -3.58. The maximum Gasteiger partial charge on any atom is 0.231 e. The number of nitrogens with zero attached hydrogens (tertiary/aromatic N) is 1. The highest BCUT2D eigenvalue weighted by Gasteiger charge is 2.13. The lowest BCUT2D eigenvalue weighted by Gasteiger charge is -2.26. The van der Waals surface area contributed by atoms with Crippen molar-refractivity contribution in [1.29, 1.82) is 0 Å². The molecule has 6 nitrogen and oxygen atoms in total. The van der Waals surface area contributed by atoms with Gasteiger partial charge in [0, 0.05) is 32.7 Å². The van der Waals surface area contributed by atoms with Crippen LogP contribution in [0.4, 0.5) is 0 Å². The molecule has 2 aliphatic rings. The molecule has 0 unspecified atom stereocenters. The molecule has 2 aromatic carbocycles. The zero-order valence-corrected chi connectivity index (χ0v) is 17.8. The number of fused-ring (bicyclic) bond motifs is 1. The monoisotopic (exact) mass is 440 g/mol. The van der Waals surface area contributed by atoms with Crippen LogP contribution in [-0.2, 0) is 17.9 Å². The standard InChI is InChI=1S/C21H26N2O4.2ClH/c1-4-19(25-15-18-3-6-20-21(13-18)27-16-26-20)5-2-17(1)14-22-7-8-23-9-11-24-12-10-23;;/h1-6,13,22H,7-12,14-16H2;2*1H/p-2. The fourth-order valence-corrected chi connectivity index (χ4v) is 3.20. The van der Waals surface area contributed by atoms with Gasteiger partial charge in [-0.05, 0) is 35.4 Å². The number of morpholine rings is 1. The molecule has 0 atom stereocenters. The summed E-state index contributed by atoms with van der Waals surface area (Å²) in [6.45, 7) is 7.51. The van der Waals surface area contributed by atoms with Crippen molar-refractivity contribution in [3.05, 3.63) is 53.6 Å². The van der Waals surface area contributed by atoms with Crippen LogP contribution in [0.1, 0.15) is 11.1 Å². The van der Waals surface area contributed by atoms with Gasteiger partial charge in [-0.2, -0.15) is 0 Å². The van der Waals surface area contributed by atoms with E-state index in [-0.39, 0.29) is 24.8 Å². The molecule has 0 amide bonds. The van der Waals surface area contributed by atoms with Crippen LogP contribution in [0.2, 0.25) is 0 Å². The summed E-state index contributed by atoms with van der Waals surface area (Å²) in [6, 6.07) is 14.1. The van der Waals surface area contributed by atoms with Crippen molar-refractivity contribution < 1.29 is 43.8 Å². The largest absolute Gasteiger partial charge is 1.00 e. The van der Waals surface area contributed by atoms with Crippen molar-refractivity contribution in [2.24, 2.45) is 0 Å². The van der Waals surface area contributed by atoms with Gasteiger partial charge in [0.25, 0.3) is 0 Å². The van der Waals surface area contributed by atoms with Crippen LogP contribution in [0.5, 0.6) is 17.2 Å². The average Bonchev–Trinajstić information content (AvgIpc) is 3.19. The van der Waals surface area contributed by atoms with E-state index in [9.17, 15) is 0 Å². The molecule has 4 rings (SSSR count). The quantitative estimate of drug-likeness (QED) is 0.428. The van der Waals surface area contributed by atoms with Gasteiger partial charge in [0.15, 0.2) is 11.5 Å². The SMILES string of the molecule is [Cl-].[Cl-].c1cc(OCc2ccc3c(c2)OCO3)ccc1CNCCN1CCOCC1. The van der Waals surface area contributed by atoms with Gasteiger partial charge in [-0.15, -0.1) is 0 Å². The number of benzene rings is 2. The van der Waals surface area contributed by atoms with E-state index in [0.717, 1.165) is 68.7 Å². The van der Waals surface area contributed by atoms with Crippen LogP contribution in [0.25, 0.3) is 0 Å². The minimum absolute atomic E-state index is 0. The van der Waals surface area contributed by atoms with Crippen molar-refractivity contribution in [3.8, 4) is 17.2 Å². The maximum atomic E-state index is 5.88. The molecule has 1 saturated heterocycles. The Morgan fingerprint density at radius 3 is 2.41 bits per heavy atom. The first kappa shape index (κ1) is 23.6. The van der Waals surface area contributed by atoms with Crippen molar-refractivity contribution in [2.45, 2.75) is 13.2 Å². The van der Waals surface area contributed by atoms with E-state index in [2.05, 4.69) is 22.3 Å². The molecular formula is C21H26Cl2N2O4-2. The third kappa shape index (κ3) is 6.94. The Labute approximate surface area is 184 Å². The summed E-state index contributed by atoms with van der Waals surface area (Å²) in [7, 11) is 0. The topological polar surface area (TPSA) is 52.2 Å². The summed E-state index contributed by atoms with van der Waals surface area (Å²) in [5.74, 6) is 2.45. The van der Waals surface area contributed by atoms with E-state index >= 15 is 0 Å². The normalized spacial score (nSPS) is 15.3. The Hall–Kier alpha value is -1.70. The van der Waals surface area contributed by atoms with Crippen molar-refractivity contribution in [3.63, 3.8) is 0 Å². The molecule has 0 radical (unpaired) electrons. The average molecular weight is 441 g/mol. The van der Waals surface area contributed by atoms with Crippen LogP contribution in [0, 0.1) is 0 Å². The fourth-order valence-electron chi connectivity index (χ4n) is 3.20. The molecule has 160 valence electrons. The number of ether oxygens (including phenoxy) is 4. The van der Waals surface area contributed by atoms with Gasteiger partial charge in [-0.1, -0.05) is 18.2 Å². The molecule has 0 bridgehead atoms. The third-order valence-corrected chi connectivity index (χ3v) is 4.80. The van der Waals surface area contributed by atoms with Gasteiger partial charge in [0.1, 0.15) is 12.4 Å². The van der Waals surface area contributed by atoms with Crippen LogP contribution in [0.15, 0.2) is 42.5 Å². The Kier molecular flexibility index (Phi) is 9.84. The summed E-state index contributed by atoms with van der Waals surface area (Å²) in [5, 5.41) is 3.50. The number of nitrogens with one attached hydrogen (secondary N) is 1. The highest BCUT2D eigenvalue weighted by Crippen LogP contribution is 2.32. The van der Waals surface area contributed by atoms with Gasteiger partial charge < -0.3 is 49.1 Å². The second-order valence-electron chi connectivity index (χ2n) is 6.75. The highest BCUT2D eigenvalue weighted by molar-refractivity contribution is 5.44. The first-order chi connectivity index (χ1) is 13.4. The van der Waals surface area contributed by atoms with Crippen molar-refractivity contribution >= 4 is 0 Å². The summed E-state index contributed by atoms with van der Waals surface area (Å²) >= 11 is 0. The molecular weight excluding hydrogens is 415 g/mol. The Balaban J connectivity index is 0.00000150. The fraction of sp³-hybridized carbons (Fsp3) is 0.429. The lowest BCUT2D eigenvalue weighted by Crippen LogP contribution is -3.00. The van der Waals surface area contributed by atoms with E-state index in [1.165, 1.54) is 5.56 Å². The number of halogens is 2. The molecule has 1 N–H and O–H groups in total. The minimum Gasteiger partial charge on any atom is -1.00 e. The summed E-state index contributed by atoms with van der Waals surface area (Å²) in [4.78, 5) is 2.43. The van der Waals surface area contributed by atoms with Crippen molar-refractivity contribution in [2.75, 3.05) is 46.2 Å². The van der Waals surface area contributed by atoms with Crippen molar-refractivity contribution in [1.82, 2.24) is 10.2 Å². The van der Waals surface area contributed by atoms with Gasteiger partial charge in [-0.3, -0.25) is 4.90 Å². The molecule has 0 saturated carbocycles. The van der Waals surface area contributed by atoms with Gasteiger partial charge in [-0.25, -0.2) is 0 Å². The molecule has 0 aromatic heterocycles. The smallest absolute Gasteiger partial charge is 0.231 e. The van der Waals surface area contributed by atoms with Crippen LogP contribution in [-0.4, -0.2) is 51.1 Å². The number of hydrogen-bond acceptors (Lipinski definition) is 6. The zero-order chi connectivity index (χ0) is 18.3. The third-order valence-electron chi connectivity index (χ3n) is 4.80. The van der Waals surface area contributed by atoms with Gasteiger partial charge >= 0.3 is 0 Å². The van der Waals surface area contributed by atoms with E-state index in [0.29, 0.717) is 13.4 Å². The zero-order valence-electron chi connectivity index (χ0n) is 16.2. The second kappa shape index (κ2) is 12.1. The Bertz CT molecular complexity index is 740. The molecule has 29 heavy (non-hydrogen) atoms. The lowest BCUT2D eigenvalue weighted by molar-refractivity contribution is -0.00100. The van der Waals surface area contributed by atoms with Crippen LogP contribution < -0.4 is 44.3 Å². The van der Waals surface area contributed by atoms with E-state index in [1.54, 1.807) is 0 Å². The highest BCUT2D eigenvalue weighted by atomic mass is 35.5. The maximum absolute atomic E-state index is 5.88. The number of hydrogen-bond donors (Lipinski definition) is 1. The molecule has 0 aliphatic carbocycles. The van der Waals surface area contributed by atoms with Crippen LogP contribution in [0.3, 0.4) is 0 Å². The molecule has 2 heterocycles. The van der Waals surface area contributed by atoms with E-state index in [4.69, 9.17) is 18.9 Å². The molecule has 2 aliphatic heterocycles. The number of rotatable bonds is 8. The van der Waals surface area contributed by atoms with E-state index < -0.39 is 0 Å². The Morgan fingerprint density at radius 1 is 0.897 bits per heavy atom. The van der Waals surface area contributed by atoms with Crippen LogP contribution >= 0.6 is 0 Å².